The number of amides is 2. The monoisotopic (exact) mass is 328 g/mol. The zero-order chi connectivity index (χ0) is 16.2. The molecule has 0 unspecified atom stereocenters. The number of nitrogens with zero attached hydrogens (tertiary/aromatic N) is 1. The van der Waals surface area contributed by atoms with E-state index in [-0.39, 0.29) is 17.9 Å². The molecular formula is C18H17ClN2O2. The zero-order valence-corrected chi connectivity index (χ0v) is 13.2. The van der Waals surface area contributed by atoms with Crippen LogP contribution < -0.4 is 5.32 Å². The van der Waals surface area contributed by atoms with Gasteiger partial charge >= 0.3 is 0 Å². The van der Waals surface area contributed by atoms with Crippen LogP contribution in [-0.4, -0.2) is 35.2 Å². The van der Waals surface area contributed by atoms with Gasteiger partial charge in [0.2, 0.25) is 5.91 Å². The van der Waals surface area contributed by atoms with E-state index in [0.29, 0.717) is 18.0 Å². The number of hydrogen-bond acceptors (Lipinski definition) is 2. The first-order chi connectivity index (χ1) is 11.2. The van der Waals surface area contributed by atoms with Crippen molar-refractivity contribution in [2.24, 2.45) is 0 Å². The first-order valence-corrected chi connectivity index (χ1v) is 8.03. The predicted octanol–water partition coefficient (Wildman–Crippen LogP) is 2.61. The number of carbonyl (C=O) groups is 2. The van der Waals surface area contributed by atoms with Crippen molar-refractivity contribution < 1.29 is 9.59 Å². The molecule has 1 heterocycles. The van der Waals surface area contributed by atoms with E-state index in [1.165, 1.54) is 0 Å². The second kappa shape index (κ2) is 6.84. The van der Waals surface area contributed by atoms with Crippen LogP contribution in [0.25, 0.3) is 0 Å². The van der Waals surface area contributed by atoms with Crippen molar-refractivity contribution in [3.8, 4) is 0 Å². The molecule has 0 spiro atoms. The summed E-state index contributed by atoms with van der Waals surface area (Å²) in [7, 11) is 0. The first-order valence-electron chi connectivity index (χ1n) is 7.49. The second-order valence-electron chi connectivity index (χ2n) is 5.39. The lowest BCUT2D eigenvalue weighted by Crippen LogP contribution is -2.65. The van der Waals surface area contributed by atoms with Crippen molar-refractivity contribution in [3.05, 3.63) is 71.8 Å². The summed E-state index contributed by atoms with van der Waals surface area (Å²) in [5.41, 5.74) is 1.54. The molecule has 1 saturated heterocycles. The van der Waals surface area contributed by atoms with Gasteiger partial charge < -0.3 is 10.2 Å². The van der Waals surface area contributed by atoms with Crippen molar-refractivity contribution >= 4 is 23.4 Å². The molecule has 23 heavy (non-hydrogen) atoms. The molecule has 3 rings (SSSR count). The number of benzene rings is 2. The molecular weight excluding hydrogens is 312 g/mol. The molecule has 118 valence electrons. The predicted molar refractivity (Wildman–Crippen MR) is 89.3 cm³/mol. The van der Waals surface area contributed by atoms with Gasteiger partial charge in [0.25, 0.3) is 5.91 Å². The molecule has 2 aromatic carbocycles. The van der Waals surface area contributed by atoms with E-state index in [1.807, 2.05) is 36.4 Å². The van der Waals surface area contributed by atoms with Crippen LogP contribution in [0.4, 0.5) is 0 Å². The maximum absolute atomic E-state index is 12.4. The number of nitrogens with one attached hydrogen (secondary N) is 1. The first kappa shape index (κ1) is 15.6. The van der Waals surface area contributed by atoms with Crippen LogP contribution in [-0.2, 0) is 4.79 Å². The van der Waals surface area contributed by atoms with Gasteiger partial charge in [-0.2, -0.15) is 0 Å². The average molecular weight is 329 g/mol. The van der Waals surface area contributed by atoms with E-state index in [2.05, 4.69) is 5.32 Å². The number of carbonyl (C=O) groups excluding carboxylic acids is 2. The topological polar surface area (TPSA) is 49.4 Å². The Bertz CT molecular complexity index is 691. The molecule has 0 aliphatic carbocycles. The highest BCUT2D eigenvalue weighted by Gasteiger charge is 2.48. The molecule has 1 fully saturated rings. The summed E-state index contributed by atoms with van der Waals surface area (Å²) in [6.07, 6.45) is 0. The molecule has 5 heteroatoms. The van der Waals surface area contributed by atoms with Gasteiger partial charge in [0.1, 0.15) is 6.04 Å². The second-order valence-corrected chi connectivity index (χ2v) is 5.77. The summed E-state index contributed by atoms with van der Waals surface area (Å²) >= 11 is 5.80. The lowest BCUT2D eigenvalue weighted by Gasteiger charge is -2.47. The maximum Gasteiger partial charge on any atom is 0.251 e. The summed E-state index contributed by atoms with van der Waals surface area (Å²) in [5.74, 6) is 0.0354. The highest BCUT2D eigenvalue weighted by atomic mass is 35.5. The van der Waals surface area contributed by atoms with Crippen molar-refractivity contribution in [1.29, 1.82) is 0 Å². The number of likely N-dealkylation sites (tertiary alicyclic amines) is 1. The summed E-state index contributed by atoms with van der Waals surface area (Å²) in [4.78, 5) is 26.4. The van der Waals surface area contributed by atoms with Gasteiger partial charge in [-0.15, -0.1) is 11.6 Å². The highest BCUT2D eigenvalue weighted by Crippen LogP contribution is 2.34. The SMILES string of the molecule is O=C(N[C@@H]1C(=O)N(CCCl)[C@@H]1c1ccccc1)c1ccccc1. The Morgan fingerprint density at radius 2 is 1.65 bits per heavy atom. The molecule has 0 saturated carbocycles. The number of rotatable bonds is 5. The summed E-state index contributed by atoms with van der Waals surface area (Å²) in [6, 6.07) is 17.9. The Morgan fingerprint density at radius 3 is 2.26 bits per heavy atom. The normalized spacial score (nSPS) is 20.0. The van der Waals surface area contributed by atoms with Crippen LogP contribution in [0.3, 0.4) is 0 Å². The van der Waals surface area contributed by atoms with Gasteiger partial charge in [-0.3, -0.25) is 9.59 Å². The van der Waals surface area contributed by atoms with Crippen LogP contribution in [0.15, 0.2) is 60.7 Å². The van der Waals surface area contributed by atoms with Gasteiger partial charge in [0.05, 0.1) is 6.04 Å². The Balaban J connectivity index is 1.80. The largest absolute Gasteiger partial charge is 0.338 e. The number of halogens is 1. The van der Waals surface area contributed by atoms with E-state index >= 15 is 0 Å². The van der Waals surface area contributed by atoms with Gasteiger partial charge in [0, 0.05) is 18.0 Å². The summed E-state index contributed by atoms with van der Waals surface area (Å²) < 4.78 is 0. The number of β-lactam (4-membered cyclic amide) rings is 1. The van der Waals surface area contributed by atoms with Crippen molar-refractivity contribution in [2.45, 2.75) is 12.1 Å². The Morgan fingerprint density at radius 1 is 1.04 bits per heavy atom. The van der Waals surface area contributed by atoms with Crippen LogP contribution in [0, 0.1) is 0 Å². The van der Waals surface area contributed by atoms with Gasteiger partial charge in [-0.25, -0.2) is 0 Å². The smallest absolute Gasteiger partial charge is 0.251 e. The molecule has 4 nitrogen and oxygen atoms in total. The fourth-order valence-electron chi connectivity index (χ4n) is 2.87. The third-order valence-corrected chi connectivity index (χ3v) is 4.16. The molecule has 2 amide bonds. The van der Waals surface area contributed by atoms with E-state index < -0.39 is 6.04 Å². The zero-order valence-electron chi connectivity index (χ0n) is 12.5. The minimum Gasteiger partial charge on any atom is -0.338 e. The van der Waals surface area contributed by atoms with Gasteiger partial charge in [-0.05, 0) is 17.7 Å². The van der Waals surface area contributed by atoms with Crippen molar-refractivity contribution in [1.82, 2.24) is 10.2 Å². The summed E-state index contributed by atoms with van der Waals surface area (Å²) in [6.45, 7) is 0.470. The van der Waals surface area contributed by atoms with E-state index in [9.17, 15) is 9.59 Å². The number of alkyl halides is 1. The van der Waals surface area contributed by atoms with Crippen LogP contribution >= 0.6 is 11.6 Å². The molecule has 2 aromatic rings. The van der Waals surface area contributed by atoms with E-state index in [0.717, 1.165) is 5.56 Å². The Kier molecular flexibility index (Phi) is 4.63. The molecule has 0 bridgehead atoms. The molecule has 1 aliphatic rings. The van der Waals surface area contributed by atoms with Crippen LogP contribution in [0.2, 0.25) is 0 Å². The lowest BCUT2D eigenvalue weighted by atomic mass is 9.88. The fraction of sp³-hybridized carbons (Fsp3) is 0.222. The fourth-order valence-corrected chi connectivity index (χ4v) is 3.05. The average Bonchev–Trinajstić information content (AvgIpc) is 2.61. The van der Waals surface area contributed by atoms with Crippen molar-refractivity contribution in [3.63, 3.8) is 0 Å². The minimum absolute atomic E-state index is 0.0937. The van der Waals surface area contributed by atoms with Gasteiger partial charge in [-0.1, -0.05) is 48.5 Å². The Hall–Kier alpha value is -2.33. The number of hydrogen-bond donors (Lipinski definition) is 1. The molecule has 2 atom stereocenters. The standard InChI is InChI=1S/C18H17ClN2O2/c19-11-12-21-16(13-7-3-1-4-8-13)15(18(21)23)20-17(22)14-9-5-2-6-10-14/h1-10,15-16H,11-12H2,(H,20,22)/t15-,16+/m0/s1. The van der Waals surface area contributed by atoms with E-state index in [1.54, 1.807) is 29.2 Å². The van der Waals surface area contributed by atoms with Crippen LogP contribution in [0.1, 0.15) is 22.0 Å². The summed E-state index contributed by atoms with van der Waals surface area (Å²) in [5, 5.41) is 2.85. The molecule has 1 aliphatic heterocycles. The molecule has 0 radical (unpaired) electrons. The third-order valence-electron chi connectivity index (χ3n) is 3.99. The molecule has 1 N–H and O–H groups in total. The lowest BCUT2D eigenvalue weighted by molar-refractivity contribution is -0.150. The highest BCUT2D eigenvalue weighted by molar-refractivity contribution is 6.18. The van der Waals surface area contributed by atoms with E-state index in [4.69, 9.17) is 11.6 Å². The van der Waals surface area contributed by atoms with Crippen LogP contribution in [0.5, 0.6) is 0 Å². The third kappa shape index (κ3) is 3.08. The Labute approximate surface area is 140 Å². The van der Waals surface area contributed by atoms with Gasteiger partial charge in [0.15, 0.2) is 0 Å². The minimum atomic E-state index is -0.548. The van der Waals surface area contributed by atoms with Crippen molar-refractivity contribution in [2.75, 3.05) is 12.4 Å². The maximum atomic E-state index is 12.4. The molecule has 0 aromatic heterocycles. The quantitative estimate of drug-likeness (QED) is 0.677.